The number of aliphatic carboxylic acids is 1. The van der Waals surface area contributed by atoms with Gasteiger partial charge in [0, 0.05) is 19.2 Å². The molecule has 2 aromatic heterocycles. The number of carbonyl (C=O) groups is 3. The second-order valence-electron chi connectivity index (χ2n) is 10.1. The lowest BCUT2D eigenvalue weighted by atomic mass is 9.53. The normalized spacial score (nSPS) is 22.4. The van der Waals surface area contributed by atoms with E-state index in [1.807, 2.05) is 0 Å². The Morgan fingerprint density at radius 3 is 2.41 bits per heavy atom. The van der Waals surface area contributed by atoms with Crippen molar-refractivity contribution < 1.29 is 37.4 Å². The van der Waals surface area contributed by atoms with Crippen LogP contribution in [0, 0.1) is 10.8 Å². The number of nitrogens with one attached hydrogen (secondary N) is 2. The number of halogens is 3. The van der Waals surface area contributed by atoms with Crippen LogP contribution in [0.15, 0.2) is 36.7 Å². The fourth-order valence-corrected chi connectivity index (χ4v) is 5.42. The van der Waals surface area contributed by atoms with Crippen LogP contribution in [0.5, 0.6) is 5.75 Å². The van der Waals surface area contributed by atoms with Gasteiger partial charge in [0.05, 0.1) is 5.41 Å². The maximum atomic E-state index is 13.2. The molecule has 1 aromatic carbocycles. The lowest BCUT2D eigenvalue weighted by molar-refractivity contribution is -0.274. The van der Waals surface area contributed by atoms with Gasteiger partial charge in [0.15, 0.2) is 0 Å². The van der Waals surface area contributed by atoms with E-state index in [2.05, 4.69) is 30.4 Å². The summed E-state index contributed by atoms with van der Waals surface area (Å²) in [6, 6.07) is 6.45. The predicted molar refractivity (Wildman–Crippen MR) is 128 cm³/mol. The van der Waals surface area contributed by atoms with Gasteiger partial charge in [-0.3, -0.25) is 14.4 Å². The number of alkyl halides is 3. The summed E-state index contributed by atoms with van der Waals surface area (Å²) in [4.78, 5) is 45.8. The molecule has 11 nitrogen and oxygen atoms in total. The van der Waals surface area contributed by atoms with Gasteiger partial charge < -0.3 is 20.5 Å². The molecule has 206 valence electrons. The smallest absolute Gasteiger partial charge is 0.481 e. The maximum absolute atomic E-state index is 13.2. The Hall–Kier alpha value is -4.23. The second kappa shape index (κ2) is 9.82. The van der Waals surface area contributed by atoms with Crippen molar-refractivity contribution in [2.24, 2.45) is 10.8 Å². The first-order valence-corrected chi connectivity index (χ1v) is 12.3. The molecule has 3 aliphatic rings. The van der Waals surface area contributed by atoms with Gasteiger partial charge in [-0.2, -0.15) is 14.6 Å². The third-order valence-electron chi connectivity index (χ3n) is 7.78. The number of hydrogen-bond donors (Lipinski definition) is 3. The van der Waals surface area contributed by atoms with Crippen LogP contribution in [0.2, 0.25) is 0 Å². The molecule has 3 N–H and O–H groups in total. The standard InChI is InChI=1S/C25H25F3N6O5/c26-25(27,28)39-16-3-1-2-15(10-16)12-29-19(35)17-11-18(34-22(33-17)31-14-32-34)20(36)30-13-23-4-7-24(8-5-23,9-6-23)21(37)38/h1-3,10-11,14H,4-9,12-13H2,(H,29,35)(H,30,36)(H,37,38). The molecule has 0 aliphatic heterocycles. The number of aromatic nitrogens is 4. The number of amides is 2. The van der Waals surface area contributed by atoms with E-state index in [4.69, 9.17) is 0 Å². The SMILES string of the molecule is O=C(NCc1cccc(OC(F)(F)F)c1)c1cc(C(=O)NCC23CCC(C(=O)O)(CC2)CC3)n2ncnc2n1. The summed E-state index contributed by atoms with van der Waals surface area (Å²) in [6.45, 7) is 0.243. The number of ether oxygens (including phenoxy) is 1. The molecule has 2 heterocycles. The highest BCUT2D eigenvalue weighted by atomic mass is 19.4. The van der Waals surface area contributed by atoms with Crippen LogP contribution in [0.1, 0.15) is 65.1 Å². The van der Waals surface area contributed by atoms with Crippen LogP contribution >= 0.6 is 0 Å². The zero-order chi connectivity index (χ0) is 27.8. The molecule has 3 saturated carbocycles. The molecule has 0 radical (unpaired) electrons. The summed E-state index contributed by atoms with van der Waals surface area (Å²) in [6.07, 6.45) is 0.210. The number of rotatable bonds is 8. The fraction of sp³-hybridized carbons (Fsp3) is 0.440. The number of fused-ring (bicyclic) bond motifs is 4. The van der Waals surface area contributed by atoms with Crippen LogP contribution in [-0.2, 0) is 11.3 Å². The fourth-order valence-electron chi connectivity index (χ4n) is 5.42. The van der Waals surface area contributed by atoms with Gasteiger partial charge >= 0.3 is 12.3 Å². The average Bonchev–Trinajstić information content (AvgIpc) is 3.39. The molecule has 14 heteroatoms. The minimum absolute atomic E-state index is 0.0214. The average molecular weight is 547 g/mol. The highest BCUT2D eigenvalue weighted by molar-refractivity contribution is 5.98. The van der Waals surface area contributed by atoms with Gasteiger partial charge in [0.1, 0.15) is 23.5 Å². The Kier molecular flexibility index (Phi) is 6.64. The molecule has 39 heavy (non-hydrogen) atoms. The van der Waals surface area contributed by atoms with Crippen molar-refractivity contribution in [3.63, 3.8) is 0 Å². The van der Waals surface area contributed by atoms with Gasteiger partial charge in [-0.15, -0.1) is 13.2 Å². The van der Waals surface area contributed by atoms with Gasteiger partial charge in [0.25, 0.3) is 17.6 Å². The lowest BCUT2D eigenvalue weighted by Crippen LogP contribution is -2.50. The van der Waals surface area contributed by atoms with E-state index < -0.39 is 35.3 Å². The van der Waals surface area contributed by atoms with Gasteiger partial charge in [-0.25, -0.2) is 4.98 Å². The monoisotopic (exact) mass is 546 g/mol. The quantitative estimate of drug-likeness (QED) is 0.391. The minimum atomic E-state index is -4.84. The Morgan fingerprint density at radius 1 is 1.03 bits per heavy atom. The first-order chi connectivity index (χ1) is 18.5. The van der Waals surface area contributed by atoms with Gasteiger partial charge in [-0.1, -0.05) is 12.1 Å². The number of carboxylic acid groups (broad SMARTS) is 1. The molecule has 6 rings (SSSR count). The molecule has 0 unspecified atom stereocenters. The van der Waals surface area contributed by atoms with Crippen LogP contribution in [0.4, 0.5) is 13.2 Å². The van der Waals surface area contributed by atoms with Gasteiger partial charge in [-0.05, 0) is 61.6 Å². The molecule has 0 spiro atoms. The van der Waals surface area contributed by atoms with Gasteiger partial charge in [0.2, 0.25) is 0 Å². The summed E-state index contributed by atoms with van der Waals surface area (Å²) in [5, 5.41) is 19.1. The summed E-state index contributed by atoms with van der Waals surface area (Å²) in [5.74, 6) is -2.31. The van der Waals surface area contributed by atoms with E-state index in [1.165, 1.54) is 29.0 Å². The third-order valence-corrected chi connectivity index (χ3v) is 7.78. The molecule has 3 aliphatic carbocycles. The Morgan fingerprint density at radius 2 is 1.74 bits per heavy atom. The van der Waals surface area contributed by atoms with Crippen LogP contribution in [-0.4, -0.2) is 55.4 Å². The summed E-state index contributed by atoms with van der Waals surface area (Å²) >= 11 is 0. The minimum Gasteiger partial charge on any atom is -0.481 e. The van der Waals surface area contributed by atoms with Crippen molar-refractivity contribution in [1.82, 2.24) is 30.2 Å². The Bertz CT molecular complexity index is 1410. The van der Waals surface area contributed by atoms with E-state index >= 15 is 0 Å². The number of hydrogen-bond acceptors (Lipinski definition) is 7. The third kappa shape index (κ3) is 5.49. The lowest BCUT2D eigenvalue weighted by Gasteiger charge is -2.51. The summed E-state index contributed by atoms with van der Waals surface area (Å²) < 4.78 is 42.6. The van der Waals surface area contributed by atoms with Crippen LogP contribution in [0.3, 0.4) is 0 Å². The molecule has 0 atom stereocenters. The Labute approximate surface area is 219 Å². The van der Waals surface area contributed by atoms with Crippen LogP contribution in [0.25, 0.3) is 5.78 Å². The molecule has 3 fully saturated rings. The molecular weight excluding hydrogens is 521 g/mol. The van der Waals surface area contributed by atoms with E-state index in [9.17, 15) is 32.7 Å². The zero-order valence-corrected chi connectivity index (χ0v) is 20.6. The topological polar surface area (TPSA) is 148 Å². The van der Waals surface area contributed by atoms with E-state index in [0.717, 1.165) is 12.1 Å². The van der Waals surface area contributed by atoms with Crippen LogP contribution < -0.4 is 15.4 Å². The predicted octanol–water partition coefficient (Wildman–Crippen LogP) is 3.11. The van der Waals surface area contributed by atoms with Crippen molar-refractivity contribution >= 4 is 23.6 Å². The van der Waals surface area contributed by atoms with E-state index in [0.29, 0.717) is 50.6 Å². The van der Waals surface area contributed by atoms with E-state index in [1.54, 1.807) is 0 Å². The van der Waals surface area contributed by atoms with Crippen molar-refractivity contribution in [2.45, 2.75) is 51.4 Å². The van der Waals surface area contributed by atoms with Crippen molar-refractivity contribution in [3.05, 3.63) is 53.6 Å². The summed E-state index contributed by atoms with van der Waals surface area (Å²) in [5.41, 5.74) is -0.558. The molecule has 2 bridgehead atoms. The number of benzene rings is 1. The first kappa shape index (κ1) is 26.4. The van der Waals surface area contributed by atoms with Crippen molar-refractivity contribution in [3.8, 4) is 5.75 Å². The number of carbonyl (C=O) groups excluding carboxylic acids is 2. The highest BCUT2D eigenvalue weighted by Gasteiger charge is 2.52. The largest absolute Gasteiger partial charge is 0.573 e. The highest BCUT2D eigenvalue weighted by Crippen LogP contribution is 2.56. The molecule has 3 aromatic rings. The van der Waals surface area contributed by atoms with Crippen molar-refractivity contribution in [2.75, 3.05) is 6.54 Å². The van der Waals surface area contributed by atoms with Crippen molar-refractivity contribution in [1.29, 1.82) is 0 Å². The Balaban J connectivity index is 1.26. The number of carboxylic acids is 1. The molecule has 0 saturated heterocycles. The first-order valence-electron chi connectivity index (χ1n) is 12.3. The molecular formula is C25H25F3N6O5. The maximum Gasteiger partial charge on any atom is 0.573 e. The molecule has 2 amide bonds. The second-order valence-corrected chi connectivity index (χ2v) is 10.1. The zero-order valence-electron chi connectivity index (χ0n) is 20.6. The van der Waals surface area contributed by atoms with E-state index in [-0.39, 0.29) is 29.1 Å². The number of nitrogens with zero attached hydrogens (tertiary/aromatic N) is 4. The summed E-state index contributed by atoms with van der Waals surface area (Å²) in [7, 11) is 0.